The lowest BCUT2D eigenvalue weighted by Gasteiger charge is -1.94. The van der Waals surface area contributed by atoms with E-state index in [1.807, 2.05) is 6.92 Å². The Hall–Kier alpha value is -1.17. The third-order valence-corrected chi connectivity index (χ3v) is 1.52. The van der Waals surface area contributed by atoms with Crippen LogP contribution < -0.4 is 0 Å². The van der Waals surface area contributed by atoms with Gasteiger partial charge in [-0.3, -0.25) is 0 Å². The second-order valence-corrected chi connectivity index (χ2v) is 2.54. The van der Waals surface area contributed by atoms with Gasteiger partial charge in [0.2, 0.25) is 0 Å². The van der Waals surface area contributed by atoms with E-state index in [1.54, 1.807) is 0 Å². The van der Waals surface area contributed by atoms with Crippen LogP contribution >= 0.6 is 11.6 Å². The standard InChI is InChI=1S/C5H7ClN4O2/c1-2-3-9-5(10(11)12)4(6)7-8-9/h2-3H2,1H3. The molecule has 1 heterocycles. The predicted octanol–water partition coefficient (Wildman–Crippen LogP) is 1.25. The maximum absolute atomic E-state index is 10.4. The zero-order chi connectivity index (χ0) is 9.14. The van der Waals surface area contributed by atoms with Gasteiger partial charge in [0.15, 0.2) is 0 Å². The molecule has 1 rings (SSSR count). The normalized spacial score (nSPS) is 10.2. The summed E-state index contributed by atoms with van der Waals surface area (Å²) in [7, 11) is 0. The first-order valence-corrected chi connectivity index (χ1v) is 3.78. The van der Waals surface area contributed by atoms with Crippen LogP contribution in [0, 0.1) is 10.1 Å². The Kier molecular flexibility index (Phi) is 2.59. The van der Waals surface area contributed by atoms with Crippen LogP contribution in [0.2, 0.25) is 5.15 Å². The quantitative estimate of drug-likeness (QED) is 0.531. The molecule has 0 atom stereocenters. The Morgan fingerprint density at radius 1 is 1.75 bits per heavy atom. The fourth-order valence-corrected chi connectivity index (χ4v) is 1.02. The van der Waals surface area contributed by atoms with Crippen molar-refractivity contribution in [3.8, 4) is 0 Å². The van der Waals surface area contributed by atoms with Crippen molar-refractivity contribution in [2.45, 2.75) is 19.9 Å². The lowest BCUT2D eigenvalue weighted by molar-refractivity contribution is -0.392. The summed E-state index contributed by atoms with van der Waals surface area (Å²) in [5.41, 5.74) is 0. The number of hydrogen-bond donors (Lipinski definition) is 0. The molecule has 0 amide bonds. The molecule has 7 heteroatoms. The molecule has 0 spiro atoms. The van der Waals surface area contributed by atoms with Crippen LogP contribution in [0.4, 0.5) is 5.82 Å². The molecular weight excluding hydrogens is 184 g/mol. The first-order chi connectivity index (χ1) is 5.66. The van der Waals surface area contributed by atoms with E-state index in [9.17, 15) is 10.1 Å². The van der Waals surface area contributed by atoms with Gasteiger partial charge in [-0.15, -0.1) is 4.68 Å². The number of halogens is 1. The Labute approximate surface area is 73.3 Å². The second-order valence-electron chi connectivity index (χ2n) is 2.18. The molecule has 0 aliphatic heterocycles. The van der Waals surface area contributed by atoms with Gasteiger partial charge in [-0.1, -0.05) is 23.6 Å². The molecule has 1 aromatic rings. The first-order valence-electron chi connectivity index (χ1n) is 3.40. The highest BCUT2D eigenvalue weighted by Gasteiger charge is 2.21. The number of nitrogens with zero attached hydrogens (tertiary/aromatic N) is 4. The first kappa shape index (κ1) is 8.92. The molecule has 0 N–H and O–H groups in total. The zero-order valence-electron chi connectivity index (χ0n) is 6.40. The van der Waals surface area contributed by atoms with Crippen molar-refractivity contribution in [1.29, 1.82) is 0 Å². The van der Waals surface area contributed by atoms with Crippen molar-refractivity contribution in [3.63, 3.8) is 0 Å². The van der Waals surface area contributed by atoms with Gasteiger partial charge in [0, 0.05) is 5.21 Å². The monoisotopic (exact) mass is 190 g/mol. The second kappa shape index (κ2) is 3.48. The summed E-state index contributed by atoms with van der Waals surface area (Å²) in [5.74, 6) is -0.237. The van der Waals surface area contributed by atoms with Crippen molar-refractivity contribution in [2.75, 3.05) is 0 Å². The molecule has 0 aromatic carbocycles. The van der Waals surface area contributed by atoms with Gasteiger partial charge < -0.3 is 10.1 Å². The van der Waals surface area contributed by atoms with Gasteiger partial charge in [-0.2, -0.15) is 0 Å². The minimum Gasteiger partial charge on any atom is -0.358 e. The highest BCUT2D eigenvalue weighted by atomic mass is 35.5. The average Bonchev–Trinajstić information content (AvgIpc) is 2.32. The molecule has 66 valence electrons. The lowest BCUT2D eigenvalue weighted by atomic mass is 10.5. The van der Waals surface area contributed by atoms with Gasteiger partial charge in [-0.05, 0) is 11.3 Å². The number of aromatic nitrogens is 3. The molecule has 0 bridgehead atoms. The van der Waals surface area contributed by atoms with Gasteiger partial charge >= 0.3 is 5.82 Å². The Morgan fingerprint density at radius 3 is 2.92 bits per heavy atom. The summed E-state index contributed by atoms with van der Waals surface area (Å²) in [6.07, 6.45) is 0.751. The molecule has 0 radical (unpaired) electrons. The molecule has 0 saturated heterocycles. The van der Waals surface area contributed by atoms with Crippen molar-refractivity contribution >= 4 is 17.4 Å². The van der Waals surface area contributed by atoms with Crippen LogP contribution in [-0.4, -0.2) is 19.9 Å². The van der Waals surface area contributed by atoms with Gasteiger partial charge in [0.05, 0.1) is 0 Å². The minimum atomic E-state index is -0.585. The van der Waals surface area contributed by atoms with Crippen molar-refractivity contribution in [3.05, 3.63) is 15.3 Å². The highest BCUT2D eigenvalue weighted by Crippen LogP contribution is 2.20. The van der Waals surface area contributed by atoms with Crippen LogP contribution in [0.3, 0.4) is 0 Å². The van der Waals surface area contributed by atoms with Crippen LogP contribution in [-0.2, 0) is 6.54 Å². The van der Waals surface area contributed by atoms with E-state index in [4.69, 9.17) is 11.6 Å². The maximum Gasteiger partial charge on any atom is 0.384 e. The molecule has 0 aliphatic carbocycles. The molecule has 0 unspecified atom stereocenters. The average molecular weight is 191 g/mol. The Balaban J connectivity index is 3.04. The van der Waals surface area contributed by atoms with Crippen LogP contribution in [0.1, 0.15) is 13.3 Å². The van der Waals surface area contributed by atoms with E-state index in [1.165, 1.54) is 4.68 Å². The molecule has 1 aromatic heterocycles. The van der Waals surface area contributed by atoms with E-state index in [2.05, 4.69) is 10.3 Å². The number of rotatable bonds is 3. The summed E-state index contributed by atoms with van der Waals surface area (Å²) in [4.78, 5) is 9.81. The summed E-state index contributed by atoms with van der Waals surface area (Å²) < 4.78 is 1.18. The van der Waals surface area contributed by atoms with E-state index in [-0.39, 0.29) is 11.0 Å². The molecule has 0 fully saturated rings. The number of aryl methyl sites for hydroxylation is 1. The lowest BCUT2D eigenvalue weighted by Crippen LogP contribution is -2.04. The third kappa shape index (κ3) is 1.53. The predicted molar refractivity (Wildman–Crippen MR) is 42.0 cm³/mol. The topological polar surface area (TPSA) is 73.8 Å². The Morgan fingerprint density at radius 2 is 2.42 bits per heavy atom. The van der Waals surface area contributed by atoms with Crippen LogP contribution in [0.15, 0.2) is 0 Å². The fourth-order valence-electron chi connectivity index (χ4n) is 0.819. The van der Waals surface area contributed by atoms with E-state index in [0.717, 1.165) is 6.42 Å². The molecule has 6 nitrogen and oxygen atoms in total. The molecule has 0 saturated carbocycles. The van der Waals surface area contributed by atoms with Crippen molar-refractivity contribution in [2.24, 2.45) is 0 Å². The SMILES string of the molecule is CCCn1nnc(Cl)c1[N+](=O)[O-]. The largest absolute Gasteiger partial charge is 0.384 e. The van der Waals surface area contributed by atoms with Gasteiger partial charge in [-0.25, -0.2) is 0 Å². The summed E-state index contributed by atoms with van der Waals surface area (Å²) in [6, 6.07) is 0. The highest BCUT2D eigenvalue weighted by molar-refractivity contribution is 6.31. The third-order valence-electron chi connectivity index (χ3n) is 1.28. The number of hydrogen-bond acceptors (Lipinski definition) is 4. The smallest absolute Gasteiger partial charge is 0.358 e. The summed E-state index contributed by atoms with van der Waals surface area (Å²) >= 11 is 5.44. The summed E-state index contributed by atoms with van der Waals surface area (Å²) in [5, 5.41) is 17.2. The van der Waals surface area contributed by atoms with Crippen LogP contribution in [0.25, 0.3) is 0 Å². The van der Waals surface area contributed by atoms with E-state index >= 15 is 0 Å². The zero-order valence-corrected chi connectivity index (χ0v) is 7.15. The van der Waals surface area contributed by atoms with E-state index < -0.39 is 4.92 Å². The Bertz CT molecular complexity index is 298. The molecule has 0 aliphatic rings. The van der Waals surface area contributed by atoms with Crippen molar-refractivity contribution < 1.29 is 4.92 Å². The van der Waals surface area contributed by atoms with E-state index in [0.29, 0.717) is 6.54 Å². The number of nitro groups is 1. The molecular formula is C5H7ClN4O2. The van der Waals surface area contributed by atoms with Gasteiger partial charge in [0.25, 0.3) is 5.15 Å². The summed E-state index contributed by atoms with van der Waals surface area (Å²) in [6.45, 7) is 2.34. The van der Waals surface area contributed by atoms with Crippen LogP contribution in [0.5, 0.6) is 0 Å². The molecule has 12 heavy (non-hydrogen) atoms. The maximum atomic E-state index is 10.4. The van der Waals surface area contributed by atoms with Gasteiger partial charge in [0.1, 0.15) is 6.54 Å². The fraction of sp³-hybridized carbons (Fsp3) is 0.600. The van der Waals surface area contributed by atoms with Crippen molar-refractivity contribution in [1.82, 2.24) is 15.0 Å². The minimum absolute atomic E-state index is 0.159.